The van der Waals surface area contributed by atoms with Crippen LogP contribution in [0, 0.1) is 17.8 Å². The van der Waals surface area contributed by atoms with Crippen LogP contribution in [0.5, 0.6) is 11.5 Å². The third-order valence-electron chi connectivity index (χ3n) is 7.87. The number of amides is 1. The normalized spacial score (nSPS) is 34.5. The van der Waals surface area contributed by atoms with E-state index in [0.29, 0.717) is 22.6 Å². The van der Waals surface area contributed by atoms with Gasteiger partial charge >= 0.3 is 0 Å². The molecular formula is C23H32N2O3. The van der Waals surface area contributed by atoms with Crippen LogP contribution in [0.2, 0.25) is 0 Å². The van der Waals surface area contributed by atoms with Crippen LogP contribution in [0.25, 0.3) is 0 Å². The Morgan fingerprint density at radius 2 is 1.46 bits per heavy atom. The highest BCUT2D eigenvalue weighted by Gasteiger charge is 2.53. The Bertz CT molecular complexity index is 719. The van der Waals surface area contributed by atoms with E-state index < -0.39 is 0 Å². The van der Waals surface area contributed by atoms with E-state index in [4.69, 9.17) is 9.47 Å². The van der Waals surface area contributed by atoms with Crippen LogP contribution in [0.4, 0.5) is 0 Å². The van der Waals surface area contributed by atoms with Gasteiger partial charge in [0.25, 0.3) is 5.91 Å². The van der Waals surface area contributed by atoms with Gasteiger partial charge in [0, 0.05) is 37.3 Å². The highest BCUT2D eigenvalue weighted by Crippen LogP contribution is 2.57. The Morgan fingerprint density at radius 3 is 2.00 bits per heavy atom. The molecule has 28 heavy (non-hydrogen) atoms. The molecule has 0 radical (unpaired) electrons. The van der Waals surface area contributed by atoms with Crippen molar-refractivity contribution in [3.63, 3.8) is 0 Å². The molecule has 5 heteroatoms. The average molecular weight is 385 g/mol. The van der Waals surface area contributed by atoms with Crippen LogP contribution in [-0.4, -0.2) is 61.6 Å². The van der Waals surface area contributed by atoms with Crippen molar-refractivity contribution in [3.05, 3.63) is 23.8 Å². The maximum Gasteiger partial charge on any atom is 0.254 e. The first-order valence-electron chi connectivity index (χ1n) is 10.9. The Labute approximate surface area is 168 Å². The van der Waals surface area contributed by atoms with E-state index >= 15 is 0 Å². The van der Waals surface area contributed by atoms with Crippen LogP contribution >= 0.6 is 0 Å². The molecule has 5 fully saturated rings. The fraction of sp³-hybridized carbons (Fsp3) is 0.696. The topological polar surface area (TPSA) is 42.0 Å². The number of methoxy groups -OCH3 is 2. The SMILES string of the molecule is COc1ccc(C(=O)N2CCN(C34CC5CC(CC(C5)C3)C4)CC2)cc1OC. The number of hydrogen-bond donors (Lipinski definition) is 0. The Morgan fingerprint density at radius 1 is 0.893 bits per heavy atom. The predicted molar refractivity (Wildman–Crippen MR) is 108 cm³/mol. The summed E-state index contributed by atoms with van der Waals surface area (Å²) in [6.45, 7) is 3.69. The minimum Gasteiger partial charge on any atom is -0.493 e. The lowest BCUT2D eigenvalue weighted by Crippen LogP contribution is -2.64. The Balaban J connectivity index is 1.26. The van der Waals surface area contributed by atoms with Crippen molar-refractivity contribution in [3.8, 4) is 11.5 Å². The first kappa shape index (κ1) is 18.3. The summed E-state index contributed by atoms with van der Waals surface area (Å²) in [7, 11) is 3.22. The highest BCUT2D eigenvalue weighted by molar-refractivity contribution is 5.95. The summed E-state index contributed by atoms with van der Waals surface area (Å²) in [5, 5.41) is 0. The van der Waals surface area contributed by atoms with E-state index in [-0.39, 0.29) is 5.91 Å². The van der Waals surface area contributed by atoms with Gasteiger partial charge in [-0.3, -0.25) is 9.69 Å². The molecule has 0 N–H and O–H groups in total. The molecule has 1 aromatic rings. The molecule has 152 valence electrons. The van der Waals surface area contributed by atoms with Crippen molar-refractivity contribution in [1.82, 2.24) is 9.80 Å². The second-order valence-electron chi connectivity index (χ2n) is 9.49. The minimum absolute atomic E-state index is 0.103. The molecule has 0 atom stereocenters. The van der Waals surface area contributed by atoms with Gasteiger partial charge in [0.1, 0.15) is 0 Å². The number of nitrogens with zero attached hydrogens (tertiary/aromatic N) is 2. The molecule has 1 amide bonds. The van der Waals surface area contributed by atoms with E-state index in [9.17, 15) is 4.79 Å². The zero-order chi connectivity index (χ0) is 19.3. The molecule has 1 aromatic carbocycles. The number of carbonyl (C=O) groups excluding carboxylic acids is 1. The van der Waals surface area contributed by atoms with Gasteiger partial charge in [-0.25, -0.2) is 0 Å². The molecule has 1 aliphatic heterocycles. The van der Waals surface area contributed by atoms with Gasteiger partial charge in [0.2, 0.25) is 0 Å². The minimum atomic E-state index is 0.103. The lowest BCUT2D eigenvalue weighted by molar-refractivity contribution is -0.0987. The van der Waals surface area contributed by atoms with Crippen LogP contribution < -0.4 is 9.47 Å². The van der Waals surface area contributed by atoms with Gasteiger partial charge in [0.05, 0.1) is 14.2 Å². The van der Waals surface area contributed by atoms with Crippen molar-refractivity contribution < 1.29 is 14.3 Å². The van der Waals surface area contributed by atoms with Gasteiger partial charge in [0.15, 0.2) is 11.5 Å². The first-order valence-corrected chi connectivity index (χ1v) is 10.9. The Hall–Kier alpha value is -1.75. The number of rotatable bonds is 4. The molecule has 5 aliphatic rings. The van der Waals surface area contributed by atoms with E-state index in [0.717, 1.165) is 43.9 Å². The lowest BCUT2D eigenvalue weighted by Gasteiger charge is -2.61. The van der Waals surface area contributed by atoms with Gasteiger partial charge in [-0.2, -0.15) is 0 Å². The quantitative estimate of drug-likeness (QED) is 0.798. The average Bonchev–Trinajstić information content (AvgIpc) is 2.72. The molecule has 0 unspecified atom stereocenters. The fourth-order valence-corrected chi connectivity index (χ4v) is 6.99. The van der Waals surface area contributed by atoms with Gasteiger partial charge in [-0.15, -0.1) is 0 Å². The third kappa shape index (κ3) is 2.99. The molecule has 4 saturated carbocycles. The van der Waals surface area contributed by atoms with E-state index in [1.165, 1.54) is 38.5 Å². The summed E-state index contributed by atoms with van der Waals surface area (Å²) in [6.07, 6.45) is 8.67. The second kappa shape index (κ2) is 6.94. The van der Waals surface area contributed by atoms with Crippen LogP contribution in [0.3, 0.4) is 0 Å². The zero-order valence-corrected chi connectivity index (χ0v) is 17.2. The molecule has 4 bridgehead atoms. The molecule has 6 rings (SSSR count). The fourth-order valence-electron chi connectivity index (χ4n) is 6.99. The predicted octanol–water partition coefficient (Wildman–Crippen LogP) is 3.43. The molecular weight excluding hydrogens is 352 g/mol. The molecule has 0 aromatic heterocycles. The van der Waals surface area contributed by atoms with E-state index in [1.807, 2.05) is 17.0 Å². The number of ether oxygens (including phenoxy) is 2. The van der Waals surface area contributed by atoms with Crippen molar-refractivity contribution in [2.75, 3.05) is 40.4 Å². The summed E-state index contributed by atoms with van der Waals surface area (Å²) >= 11 is 0. The summed E-state index contributed by atoms with van der Waals surface area (Å²) in [5.41, 5.74) is 1.13. The third-order valence-corrected chi connectivity index (χ3v) is 7.87. The van der Waals surface area contributed by atoms with Crippen LogP contribution in [0.15, 0.2) is 18.2 Å². The van der Waals surface area contributed by atoms with Gasteiger partial charge < -0.3 is 14.4 Å². The van der Waals surface area contributed by atoms with Crippen molar-refractivity contribution >= 4 is 5.91 Å². The van der Waals surface area contributed by atoms with Crippen LogP contribution in [-0.2, 0) is 0 Å². The standard InChI is InChI=1S/C23H32N2O3/c1-27-20-4-3-19(12-21(20)28-2)22(26)24-5-7-25(8-6-24)23-13-16-9-17(14-23)11-18(10-16)15-23/h3-4,12,16-18H,5-11,13-15H2,1-2H3. The summed E-state index contributed by atoms with van der Waals surface area (Å²) in [4.78, 5) is 17.8. The Kier molecular flexibility index (Phi) is 4.53. The zero-order valence-electron chi connectivity index (χ0n) is 17.2. The van der Waals surface area contributed by atoms with Crippen LogP contribution in [0.1, 0.15) is 48.9 Å². The summed E-state index contributed by atoms with van der Waals surface area (Å²) < 4.78 is 10.7. The molecule has 1 saturated heterocycles. The smallest absolute Gasteiger partial charge is 0.254 e. The van der Waals surface area contributed by atoms with E-state index in [2.05, 4.69) is 4.90 Å². The number of benzene rings is 1. The largest absolute Gasteiger partial charge is 0.493 e. The molecule has 5 nitrogen and oxygen atoms in total. The van der Waals surface area contributed by atoms with Gasteiger partial charge in [-0.05, 0) is 74.5 Å². The van der Waals surface area contributed by atoms with E-state index in [1.54, 1.807) is 20.3 Å². The maximum absolute atomic E-state index is 13.0. The molecule has 1 heterocycles. The monoisotopic (exact) mass is 384 g/mol. The molecule has 4 aliphatic carbocycles. The highest BCUT2D eigenvalue weighted by atomic mass is 16.5. The molecule has 0 spiro atoms. The summed E-state index contributed by atoms with van der Waals surface area (Å²) in [5.74, 6) is 4.28. The van der Waals surface area contributed by atoms with Crippen molar-refractivity contribution in [1.29, 1.82) is 0 Å². The first-order chi connectivity index (χ1) is 13.6. The number of piperazine rings is 1. The number of carbonyl (C=O) groups is 1. The second-order valence-corrected chi connectivity index (χ2v) is 9.49. The van der Waals surface area contributed by atoms with Gasteiger partial charge in [-0.1, -0.05) is 0 Å². The van der Waals surface area contributed by atoms with Crippen molar-refractivity contribution in [2.24, 2.45) is 17.8 Å². The maximum atomic E-state index is 13.0. The lowest BCUT2D eigenvalue weighted by atomic mass is 9.52. The summed E-state index contributed by atoms with van der Waals surface area (Å²) in [6, 6.07) is 5.46. The number of hydrogen-bond acceptors (Lipinski definition) is 4. The van der Waals surface area contributed by atoms with Crippen molar-refractivity contribution in [2.45, 2.75) is 44.1 Å².